The number of aromatic nitrogens is 2. The molecule has 1 aromatic rings. The first-order chi connectivity index (χ1) is 34.6. The number of aliphatic hydroxyl groups is 1. The lowest BCUT2D eigenvalue weighted by Crippen LogP contribution is -2.59. The number of guanidine groups is 1. The summed E-state index contributed by atoms with van der Waals surface area (Å²) in [5, 5.41) is 64.8. The van der Waals surface area contributed by atoms with Gasteiger partial charge >= 0.3 is 23.9 Å². The number of amides is 9. The molecule has 0 aromatic carbocycles. The van der Waals surface area contributed by atoms with Crippen molar-refractivity contribution >= 4 is 83.0 Å². The zero-order valence-corrected chi connectivity index (χ0v) is 40.3. The van der Waals surface area contributed by atoms with Crippen molar-refractivity contribution in [1.29, 1.82) is 0 Å². The number of H-pyrrole nitrogens is 1. The van der Waals surface area contributed by atoms with Crippen LogP contribution in [0.5, 0.6) is 0 Å². The number of nitrogens with two attached hydrogens (primary N) is 4. The Labute approximate surface area is 420 Å². The van der Waals surface area contributed by atoms with Crippen LogP contribution in [0.2, 0.25) is 0 Å². The number of imidazole rings is 1. The van der Waals surface area contributed by atoms with Gasteiger partial charge in [0.2, 0.25) is 53.2 Å². The Hall–Kier alpha value is -8.49. The second-order valence-electron chi connectivity index (χ2n) is 16.8. The molecule has 0 aliphatic heterocycles. The molecule has 8 atom stereocenters. The van der Waals surface area contributed by atoms with Gasteiger partial charge in [0.25, 0.3) is 0 Å². The minimum Gasteiger partial charge on any atom is -0.481 e. The fourth-order valence-electron chi connectivity index (χ4n) is 6.40. The predicted octanol–water partition coefficient (Wildman–Crippen LogP) is -7.95. The molecule has 0 fully saturated rings. The Bertz CT molecular complexity index is 2190. The van der Waals surface area contributed by atoms with Crippen LogP contribution in [0, 0.1) is 5.92 Å². The topological polar surface area (TPSA) is 564 Å². The number of rotatable bonds is 36. The fourth-order valence-corrected chi connectivity index (χ4v) is 6.40. The average molecular weight is 1060 g/mol. The molecule has 33 heteroatoms. The maximum atomic E-state index is 13.9. The van der Waals surface area contributed by atoms with Gasteiger partial charge in [0.05, 0.1) is 38.4 Å². The van der Waals surface area contributed by atoms with Gasteiger partial charge in [0.15, 0.2) is 5.96 Å². The number of carboxylic acids is 4. The van der Waals surface area contributed by atoms with Crippen LogP contribution < -0.4 is 65.5 Å². The van der Waals surface area contributed by atoms with E-state index in [0.717, 1.165) is 0 Å². The van der Waals surface area contributed by atoms with Crippen molar-refractivity contribution in [2.75, 3.05) is 19.7 Å². The van der Waals surface area contributed by atoms with Crippen molar-refractivity contribution in [3.05, 3.63) is 18.2 Å². The van der Waals surface area contributed by atoms with E-state index in [1.807, 2.05) is 10.6 Å². The highest BCUT2D eigenvalue weighted by atomic mass is 16.4. The lowest BCUT2D eigenvalue weighted by molar-refractivity contribution is -0.147. The number of nitrogens with zero attached hydrogens (tertiary/aromatic N) is 2. The molecule has 33 nitrogen and oxygen atoms in total. The molecule has 74 heavy (non-hydrogen) atoms. The minimum absolute atomic E-state index is 0.00303. The van der Waals surface area contributed by atoms with E-state index in [0.29, 0.717) is 5.69 Å². The van der Waals surface area contributed by atoms with E-state index in [2.05, 4.69) is 46.9 Å². The monoisotopic (exact) mass is 1060 g/mol. The van der Waals surface area contributed by atoms with Gasteiger partial charge in [-0.15, -0.1) is 0 Å². The SMILES string of the molecule is CC(C)C[C@H](NC(=O)[C@H](CO)NC(=O)CNC(=O)[C@H](CC(=O)O)NC(=O)[C@H](CCC(=O)O)NC(=O)[C@H](CCCN=C(N)N)NC(=O)[C@H](Cc1cnc[nH]1)NC(=O)[C@@H](N)CCC(N)=O)C(=O)N[C@@H](CC(=O)O)C(=O)O. The van der Waals surface area contributed by atoms with Gasteiger partial charge in [-0.05, 0) is 38.0 Å². The van der Waals surface area contributed by atoms with Gasteiger partial charge < -0.3 is 96.0 Å². The molecule has 0 saturated heterocycles. The molecule has 0 radical (unpaired) electrons. The quantitative estimate of drug-likeness (QED) is 0.0169. The number of hydrogen-bond donors (Lipinski definition) is 18. The molecular formula is C41H65N15O18. The van der Waals surface area contributed by atoms with Crippen LogP contribution in [0.15, 0.2) is 17.5 Å². The van der Waals surface area contributed by atoms with E-state index in [9.17, 15) is 82.8 Å². The third-order valence-corrected chi connectivity index (χ3v) is 10.1. The molecule has 1 rings (SSSR count). The summed E-state index contributed by atoms with van der Waals surface area (Å²) in [5.74, 6) is -16.9. The molecule has 0 aliphatic rings. The van der Waals surface area contributed by atoms with Gasteiger partial charge in [-0.2, -0.15) is 0 Å². The van der Waals surface area contributed by atoms with Crippen molar-refractivity contribution in [1.82, 2.24) is 52.5 Å². The summed E-state index contributed by atoms with van der Waals surface area (Å²) in [6, 6.07) is -13.4. The largest absolute Gasteiger partial charge is 0.481 e. The van der Waals surface area contributed by atoms with Crippen LogP contribution in [0.1, 0.15) is 77.3 Å². The summed E-state index contributed by atoms with van der Waals surface area (Å²) >= 11 is 0. The Morgan fingerprint density at radius 2 is 1.12 bits per heavy atom. The second-order valence-corrected chi connectivity index (χ2v) is 16.8. The molecule has 0 aliphatic carbocycles. The smallest absolute Gasteiger partial charge is 0.326 e. The fraction of sp³-hybridized carbons (Fsp3) is 0.585. The molecule has 0 bridgehead atoms. The molecule has 9 amide bonds. The maximum Gasteiger partial charge on any atom is 0.326 e. The number of nitrogens with one attached hydrogen (secondary N) is 9. The highest BCUT2D eigenvalue weighted by molar-refractivity contribution is 5.98. The van der Waals surface area contributed by atoms with Crippen LogP contribution in [-0.4, -0.2) is 187 Å². The molecule has 0 spiro atoms. The summed E-state index contributed by atoms with van der Waals surface area (Å²) in [6.07, 6.45) is -2.10. The zero-order valence-electron chi connectivity index (χ0n) is 40.3. The molecule has 412 valence electrons. The number of hydrogen-bond acceptors (Lipinski definition) is 17. The summed E-state index contributed by atoms with van der Waals surface area (Å²) in [6.45, 7) is 1.03. The second kappa shape index (κ2) is 32.5. The van der Waals surface area contributed by atoms with Gasteiger partial charge in [-0.25, -0.2) is 9.78 Å². The highest BCUT2D eigenvalue weighted by Gasteiger charge is 2.35. The van der Waals surface area contributed by atoms with E-state index in [4.69, 9.17) is 28.0 Å². The Morgan fingerprint density at radius 3 is 1.64 bits per heavy atom. The first kappa shape index (κ1) is 63.5. The lowest BCUT2D eigenvalue weighted by atomic mass is 10.0. The van der Waals surface area contributed by atoms with E-state index < -0.39 is 164 Å². The zero-order chi connectivity index (χ0) is 56.2. The number of carbonyl (C=O) groups is 13. The van der Waals surface area contributed by atoms with Crippen LogP contribution in [0.25, 0.3) is 0 Å². The van der Waals surface area contributed by atoms with E-state index in [1.165, 1.54) is 12.5 Å². The number of primary amides is 1. The number of aliphatic carboxylic acids is 4. The van der Waals surface area contributed by atoms with Crippen molar-refractivity contribution in [3.63, 3.8) is 0 Å². The summed E-state index contributed by atoms with van der Waals surface area (Å²) in [5.41, 5.74) is 22.2. The lowest BCUT2D eigenvalue weighted by Gasteiger charge is -2.26. The van der Waals surface area contributed by atoms with Crippen molar-refractivity contribution in [2.45, 2.75) is 126 Å². The number of carboxylic acid groups (broad SMARTS) is 4. The van der Waals surface area contributed by atoms with E-state index in [-0.39, 0.29) is 56.9 Å². The number of aliphatic hydroxyl groups excluding tert-OH is 1. The third kappa shape index (κ3) is 25.6. The molecule has 1 aromatic heterocycles. The van der Waals surface area contributed by atoms with Gasteiger partial charge in [-0.3, -0.25) is 62.5 Å². The van der Waals surface area contributed by atoms with Crippen molar-refractivity contribution < 1.29 is 87.9 Å². The summed E-state index contributed by atoms with van der Waals surface area (Å²) < 4.78 is 0. The van der Waals surface area contributed by atoms with Gasteiger partial charge in [0, 0.05) is 37.7 Å². The van der Waals surface area contributed by atoms with E-state index in [1.54, 1.807) is 13.8 Å². The normalized spacial score (nSPS) is 14.1. The average Bonchev–Trinajstić information content (AvgIpc) is 3.82. The van der Waals surface area contributed by atoms with Gasteiger partial charge in [0.1, 0.15) is 42.3 Å². The van der Waals surface area contributed by atoms with Crippen LogP contribution in [0.4, 0.5) is 0 Å². The molecule has 1 heterocycles. The Balaban J connectivity index is 3.32. The van der Waals surface area contributed by atoms with E-state index >= 15 is 0 Å². The van der Waals surface area contributed by atoms with Crippen molar-refractivity contribution in [3.8, 4) is 0 Å². The summed E-state index contributed by atoms with van der Waals surface area (Å²) in [7, 11) is 0. The first-order valence-corrected chi connectivity index (χ1v) is 22.6. The minimum atomic E-state index is -2.03. The third-order valence-electron chi connectivity index (χ3n) is 10.1. The highest BCUT2D eigenvalue weighted by Crippen LogP contribution is 2.09. The first-order valence-electron chi connectivity index (χ1n) is 22.6. The van der Waals surface area contributed by atoms with Crippen LogP contribution in [0.3, 0.4) is 0 Å². The van der Waals surface area contributed by atoms with Gasteiger partial charge in [-0.1, -0.05) is 13.8 Å². The standard InChI is InChI=1S/C41H65N15O18/c1-18(2)10-23(37(70)56-26(40(73)74)13-32(64)65)54-39(72)27(16-57)50-29(59)15-48-34(67)25(12-31(62)63)55-36(69)22(6-8-30(60)61)52-35(68)21(4-3-9-47-41(44)45)51-38(71)24(11-19-14-46-17-49-19)53-33(66)20(42)5-7-28(43)58/h14,17-18,20-27,57H,3-13,15-16,42H2,1-2H3,(H2,43,58)(H,46,49)(H,48,67)(H,50,59)(H,51,71)(H,52,68)(H,53,66)(H,54,72)(H,55,69)(H,56,70)(H,60,61)(H,62,63)(H,64,65)(H,73,74)(H4,44,45,47)/t20-,21-,22-,23-,24-,25-,26-,27-/m0/s1. The predicted molar refractivity (Wildman–Crippen MR) is 251 cm³/mol. The number of aromatic amines is 1. The molecule has 0 unspecified atom stereocenters. The Morgan fingerprint density at radius 1 is 0.608 bits per heavy atom. The summed E-state index contributed by atoms with van der Waals surface area (Å²) in [4.78, 5) is 174. The number of aliphatic imine (C=N–C) groups is 1. The molecular weight excluding hydrogens is 991 g/mol. The maximum absolute atomic E-state index is 13.9. The van der Waals surface area contributed by atoms with Crippen molar-refractivity contribution in [2.24, 2.45) is 33.8 Å². The Kier molecular flexibility index (Phi) is 27.9. The number of carbonyl (C=O) groups excluding carboxylic acids is 9. The molecule has 22 N–H and O–H groups in total. The molecule has 0 saturated carbocycles. The van der Waals surface area contributed by atoms with Crippen LogP contribution >= 0.6 is 0 Å². The van der Waals surface area contributed by atoms with Crippen LogP contribution in [-0.2, 0) is 68.7 Å².